The van der Waals surface area contributed by atoms with Gasteiger partial charge in [-0.25, -0.2) is 4.98 Å². The van der Waals surface area contributed by atoms with Gasteiger partial charge in [0, 0.05) is 36.4 Å². The molecule has 172 valence electrons. The Bertz CT molecular complexity index is 1180. The molecule has 3 heterocycles. The second-order valence-electron chi connectivity index (χ2n) is 10.7. The fourth-order valence-electron chi connectivity index (χ4n) is 5.77. The maximum Gasteiger partial charge on any atom is 0.229 e. The Morgan fingerprint density at radius 3 is 2.85 bits per heavy atom. The van der Waals surface area contributed by atoms with Gasteiger partial charge in [-0.05, 0) is 79.5 Å². The molecule has 0 radical (unpaired) electrons. The summed E-state index contributed by atoms with van der Waals surface area (Å²) in [5, 5.41) is 4.12. The van der Waals surface area contributed by atoms with Gasteiger partial charge in [-0.2, -0.15) is 4.98 Å². The number of rotatable bonds is 4. The molecule has 0 unspecified atom stereocenters. The Balaban J connectivity index is 1.34. The number of anilines is 3. The van der Waals surface area contributed by atoms with E-state index in [2.05, 4.69) is 65.3 Å². The zero-order valence-electron chi connectivity index (χ0n) is 19.8. The summed E-state index contributed by atoms with van der Waals surface area (Å²) in [6.07, 6.45) is 12.2. The molecule has 2 aliphatic heterocycles. The molecule has 0 atom stereocenters. The van der Waals surface area contributed by atoms with E-state index in [1.54, 1.807) is 11.8 Å². The first-order chi connectivity index (χ1) is 15.9. The number of hydrogen-bond acceptors (Lipinski definition) is 5. The molecule has 1 aromatic carbocycles. The summed E-state index contributed by atoms with van der Waals surface area (Å²) in [5.41, 5.74) is 8.46. The van der Waals surface area contributed by atoms with Gasteiger partial charge in [0.2, 0.25) is 5.95 Å². The van der Waals surface area contributed by atoms with E-state index in [1.807, 2.05) is 0 Å². The first-order valence-corrected chi connectivity index (χ1v) is 12.6. The number of halogens is 1. The average molecular weight is 462 g/mol. The second-order valence-corrected chi connectivity index (χ2v) is 11.1. The summed E-state index contributed by atoms with van der Waals surface area (Å²) >= 11 is 6.65. The number of nitrogens with zero attached hydrogens (tertiary/aromatic N) is 4. The molecule has 1 N–H and O–H groups in total. The first kappa shape index (κ1) is 21.2. The summed E-state index contributed by atoms with van der Waals surface area (Å²) < 4.78 is 0. The van der Waals surface area contributed by atoms with Crippen LogP contribution in [-0.2, 0) is 13.0 Å². The van der Waals surface area contributed by atoms with Crippen molar-refractivity contribution in [2.24, 2.45) is 5.41 Å². The quantitative estimate of drug-likeness (QED) is 0.588. The van der Waals surface area contributed by atoms with Crippen LogP contribution >= 0.6 is 11.6 Å². The molecule has 33 heavy (non-hydrogen) atoms. The van der Waals surface area contributed by atoms with Crippen molar-refractivity contribution >= 4 is 29.1 Å². The summed E-state index contributed by atoms with van der Waals surface area (Å²) in [7, 11) is 2.20. The van der Waals surface area contributed by atoms with Gasteiger partial charge >= 0.3 is 0 Å². The van der Waals surface area contributed by atoms with E-state index in [9.17, 15) is 0 Å². The van der Waals surface area contributed by atoms with E-state index in [4.69, 9.17) is 16.6 Å². The van der Waals surface area contributed by atoms with Gasteiger partial charge in [-0.15, -0.1) is 0 Å². The van der Waals surface area contributed by atoms with Crippen molar-refractivity contribution < 1.29 is 0 Å². The van der Waals surface area contributed by atoms with E-state index in [1.165, 1.54) is 35.2 Å². The summed E-state index contributed by atoms with van der Waals surface area (Å²) in [4.78, 5) is 14.2. The minimum atomic E-state index is 0.0812. The Kier molecular flexibility index (Phi) is 5.04. The zero-order valence-corrected chi connectivity index (χ0v) is 20.5. The molecule has 2 aromatic rings. The predicted molar refractivity (Wildman–Crippen MR) is 135 cm³/mol. The van der Waals surface area contributed by atoms with Crippen LogP contribution in [0.15, 0.2) is 41.8 Å². The van der Waals surface area contributed by atoms with Gasteiger partial charge in [-0.1, -0.05) is 37.6 Å². The molecule has 0 saturated heterocycles. The SMILES string of the molecule is CN1CCc2c(cc(Nc3ncc(Cl)c(N4CC(C)(C)C5=C4CCC=C5)n3)cc2C2CC2)C1. The predicted octanol–water partition coefficient (Wildman–Crippen LogP) is 6.19. The standard InChI is InChI=1S/C27H32ClN5/c1-27(2)16-33(24-7-5-4-6-22(24)27)25-23(28)14-29-26(31-25)30-19-12-18-15-32(3)11-10-20(18)21(13-19)17-8-9-17/h4,6,12-14,17H,5,7-11,15-16H2,1-3H3,(H,29,30,31). The van der Waals surface area contributed by atoms with Gasteiger partial charge in [0.1, 0.15) is 5.02 Å². The summed E-state index contributed by atoms with van der Waals surface area (Å²) in [6.45, 7) is 7.63. The van der Waals surface area contributed by atoms with Crippen LogP contribution in [0.1, 0.15) is 62.1 Å². The number of nitrogens with one attached hydrogen (secondary N) is 1. The van der Waals surface area contributed by atoms with Crippen molar-refractivity contribution in [2.45, 2.75) is 58.4 Å². The minimum Gasteiger partial charge on any atom is -0.328 e. The van der Waals surface area contributed by atoms with Crippen LogP contribution < -0.4 is 10.2 Å². The number of hydrogen-bond donors (Lipinski definition) is 1. The molecule has 1 fully saturated rings. The number of fused-ring (bicyclic) bond motifs is 1. The smallest absolute Gasteiger partial charge is 0.229 e. The highest BCUT2D eigenvalue weighted by Crippen LogP contribution is 2.47. The van der Waals surface area contributed by atoms with Crippen molar-refractivity contribution in [1.82, 2.24) is 14.9 Å². The van der Waals surface area contributed by atoms with Gasteiger partial charge in [-0.3, -0.25) is 0 Å². The molecule has 1 aromatic heterocycles. The van der Waals surface area contributed by atoms with Crippen LogP contribution in [0.5, 0.6) is 0 Å². The van der Waals surface area contributed by atoms with Crippen LogP contribution in [0.2, 0.25) is 5.02 Å². The monoisotopic (exact) mass is 461 g/mol. The van der Waals surface area contributed by atoms with Gasteiger partial charge < -0.3 is 15.1 Å². The van der Waals surface area contributed by atoms with E-state index in [0.717, 1.165) is 56.3 Å². The lowest BCUT2D eigenvalue weighted by Crippen LogP contribution is -2.27. The van der Waals surface area contributed by atoms with Crippen LogP contribution in [0.25, 0.3) is 0 Å². The Morgan fingerprint density at radius 2 is 2.03 bits per heavy atom. The Morgan fingerprint density at radius 1 is 1.18 bits per heavy atom. The third-order valence-corrected chi connectivity index (χ3v) is 7.83. The molecule has 0 spiro atoms. The maximum absolute atomic E-state index is 6.65. The third-order valence-electron chi connectivity index (χ3n) is 7.57. The normalized spacial score (nSPS) is 21.9. The highest BCUT2D eigenvalue weighted by molar-refractivity contribution is 6.33. The van der Waals surface area contributed by atoms with E-state index in [-0.39, 0.29) is 5.41 Å². The minimum absolute atomic E-state index is 0.0812. The van der Waals surface area contributed by atoms with E-state index < -0.39 is 0 Å². The lowest BCUT2D eigenvalue weighted by Gasteiger charge is -2.28. The van der Waals surface area contributed by atoms with Crippen molar-refractivity contribution in [2.75, 3.05) is 30.4 Å². The van der Waals surface area contributed by atoms with Gasteiger partial charge in [0.25, 0.3) is 0 Å². The molecule has 1 saturated carbocycles. The lowest BCUT2D eigenvalue weighted by atomic mass is 9.84. The topological polar surface area (TPSA) is 44.3 Å². The van der Waals surface area contributed by atoms with Crippen molar-refractivity contribution in [3.63, 3.8) is 0 Å². The highest BCUT2D eigenvalue weighted by Gasteiger charge is 2.39. The van der Waals surface area contributed by atoms with Gasteiger partial charge in [0.15, 0.2) is 5.82 Å². The molecule has 6 rings (SSSR count). The molecular weight excluding hydrogens is 430 g/mol. The summed E-state index contributed by atoms with van der Waals surface area (Å²) in [6, 6.07) is 4.63. The van der Waals surface area contributed by atoms with Crippen molar-refractivity contribution in [3.8, 4) is 0 Å². The van der Waals surface area contributed by atoms with E-state index in [0.29, 0.717) is 11.0 Å². The molecule has 6 heteroatoms. The van der Waals surface area contributed by atoms with Crippen LogP contribution in [0.3, 0.4) is 0 Å². The van der Waals surface area contributed by atoms with Crippen molar-refractivity contribution in [1.29, 1.82) is 0 Å². The van der Waals surface area contributed by atoms with Crippen molar-refractivity contribution in [3.05, 3.63) is 63.5 Å². The van der Waals surface area contributed by atoms with Gasteiger partial charge in [0.05, 0.1) is 6.20 Å². The largest absolute Gasteiger partial charge is 0.328 e. The molecule has 0 amide bonds. The Hall–Kier alpha value is -2.37. The fourth-order valence-corrected chi connectivity index (χ4v) is 5.96. The molecular formula is C27H32ClN5. The fraction of sp³-hybridized carbons (Fsp3) is 0.481. The zero-order chi connectivity index (χ0) is 22.7. The van der Waals surface area contributed by atoms with Crippen LogP contribution in [0.4, 0.5) is 17.5 Å². The Labute approximate surface area is 201 Å². The first-order valence-electron chi connectivity index (χ1n) is 12.2. The number of likely N-dealkylation sites (N-methyl/N-ethyl adjacent to an activating group) is 1. The van der Waals surface area contributed by atoms with E-state index >= 15 is 0 Å². The molecule has 0 bridgehead atoms. The number of benzene rings is 1. The van der Waals surface area contributed by atoms with Crippen LogP contribution in [-0.4, -0.2) is 35.0 Å². The second kappa shape index (κ2) is 7.85. The maximum atomic E-state index is 6.65. The van der Waals surface area contributed by atoms with Crippen LogP contribution in [0, 0.1) is 5.41 Å². The number of aromatic nitrogens is 2. The molecule has 2 aliphatic carbocycles. The third kappa shape index (κ3) is 3.85. The lowest BCUT2D eigenvalue weighted by molar-refractivity contribution is 0.312. The number of allylic oxidation sites excluding steroid dienone is 3. The molecule has 4 aliphatic rings. The average Bonchev–Trinajstić information content (AvgIpc) is 3.60. The highest BCUT2D eigenvalue weighted by atomic mass is 35.5. The molecule has 5 nitrogen and oxygen atoms in total. The summed E-state index contributed by atoms with van der Waals surface area (Å²) in [5.74, 6) is 2.14.